The van der Waals surface area contributed by atoms with Crippen LogP contribution in [0.5, 0.6) is 11.5 Å². The monoisotopic (exact) mass is 498 g/mol. The summed E-state index contributed by atoms with van der Waals surface area (Å²) in [5, 5.41) is 4.86. The maximum atomic E-state index is 13.2. The van der Waals surface area contributed by atoms with Gasteiger partial charge >= 0.3 is 0 Å². The lowest BCUT2D eigenvalue weighted by Gasteiger charge is -2.28. The summed E-state index contributed by atoms with van der Waals surface area (Å²) in [5.74, 6) is 0.767. The number of carbonyl (C=O) groups excluding carboxylic acids is 2. The fourth-order valence-corrected chi connectivity index (χ4v) is 4.03. The van der Waals surface area contributed by atoms with Crippen molar-refractivity contribution in [3.63, 3.8) is 0 Å². The molecule has 0 heterocycles. The van der Waals surface area contributed by atoms with Gasteiger partial charge in [0.15, 0.2) is 6.61 Å². The third-order valence-corrected chi connectivity index (χ3v) is 6.00. The van der Waals surface area contributed by atoms with Crippen LogP contribution in [0.2, 0.25) is 0 Å². The number of fused-ring (bicyclic) bond motifs is 1. The number of nitrogens with zero attached hydrogens (tertiary/aromatic N) is 1. The van der Waals surface area contributed by atoms with Crippen molar-refractivity contribution in [3.8, 4) is 11.5 Å². The molecule has 0 saturated carbocycles. The van der Waals surface area contributed by atoms with E-state index in [2.05, 4.69) is 21.2 Å². The Bertz CT molecular complexity index is 1100. The van der Waals surface area contributed by atoms with Crippen molar-refractivity contribution in [3.05, 3.63) is 70.7 Å². The van der Waals surface area contributed by atoms with Crippen LogP contribution in [0.4, 0.5) is 0 Å². The van der Waals surface area contributed by atoms with Gasteiger partial charge in [-0.1, -0.05) is 42.5 Å². The summed E-state index contributed by atoms with van der Waals surface area (Å²) in [6.45, 7) is 4.13. The number of likely N-dealkylation sites (N-methyl/N-ethyl adjacent to an activating group) is 1. The third-order valence-electron chi connectivity index (χ3n) is 5.18. The summed E-state index contributed by atoms with van der Waals surface area (Å²) >= 11 is 3.58. The second-order valence-electron chi connectivity index (χ2n) is 7.33. The Hall–Kier alpha value is -3.06. The van der Waals surface area contributed by atoms with Gasteiger partial charge in [-0.05, 0) is 64.3 Å². The van der Waals surface area contributed by atoms with E-state index in [0.29, 0.717) is 18.0 Å². The summed E-state index contributed by atoms with van der Waals surface area (Å²) < 4.78 is 11.9. The number of nitrogens with one attached hydrogen (secondary N) is 1. The van der Waals surface area contributed by atoms with Crippen LogP contribution in [0.3, 0.4) is 0 Å². The quantitative estimate of drug-likeness (QED) is 0.470. The average molecular weight is 499 g/mol. The van der Waals surface area contributed by atoms with Gasteiger partial charge in [0.2, 0.25) is 5.91 Å². The molecule has 3 rings (SSSR count). The largest absolute Gasteiger partial charge is 0.497 e. The predicted octanol–water partition coefficient (Wildman–Crippen LogP) is 4.54. The molecule has 0 aliphatic heterocycles. The maximum Gasteiger partial charge on any atom is 0.261 e. The fraction of sp³-hybridized carbons (Fsp3) is 0.280. The lowest BCUT2D eigenvalue weighted by molar-refractivity contribution is -0.142. The molecule has 2 amide bonds. The highest BCUT2D eigenvalue weighted by atomic mass is 79.9. The molecule has 0 radical (unpaired) electrons. The molecule has 0 fully saturated rings. The van der Waals surface area contributed by atoms with Gasteiger partial charge in [0.25, 0.3) is 5.91 Å². The Morgan fingerprint density at radius 2 is 1.88 bits per heavy atom. The number of carbonyl (C=O) groups is 2. The third kappa shape index (κ3) is 5.59. The van der Waals surface area contributed by atoms with Crippen LogP contribution in [0.25, 0.3) is 10.8 Å². The SMILES string of the molecule is CCNC(=O)[C@@H](C)N(Cc1cccc(OC)c1)C(=O)COc1ccc2ccccc2c1Br. The summed E-state index contributed by atoms with van der Waals surface area (Å²) in [4.78, 5) is 27.2. The number of hydrogen-bond donors (Lipinski definition) is 1. The van der Waals surface area contributed by atoms with E-state index < -0.39 is 6.04 Å². The molecule has 3 aromatic rings. The molecule has 0 aliphatic rings. The van der Waals surface area contributed by atoms with E-state index in [0.717, 1.165) is 20.8 Å². The van der Waals surface area contributed by atoms with Crippen molar-refractivity contribution < 1.29 is 19.1 Å². The number of amides is 2. The summed E-state index contributed by atoms with van der Waals surface area (Å²) in [6, 6.07) is 18.5. The highest BCUT2D eigenvalue weighted by Crippen LogP contribution is 2.33. The molecule has 0 saturated heterocycles. The van der Waals surface area contributed by atoms with Gasteiger partial charge < -0.3 is 19.7 Å². The molecule has 6 nitrogen and oxygen atoms in total. The van der Waals surface area contributed by atoms with Crippen molar-refractivity contribution >= 4 is 38.5 Å². The molecule has 0 bridgehead atoms. The number of halogens is 1. The molecule has 0 spiro atoms. The van der Waals surface area contributed by atoms with Gasteiger partial charge in [-0.25, -0.2) is 0 Å². The van der Waals surface area contributed by atoms with Gasteiger partial charge in [0.1, 0.15) is 17.5 Å². The summed E-state index contributed by atoms with van der Waals surface area (Å²) in [5.41, 5.74) is 0.862. The number of ether oxygens (including phenoxy) is 2. The fourth-order valence-electron chi connectivity index (χ4n) is 3.42. The zero-order chi connectivity index (χ0) is 23.1. The first-order chi connectivity index (χ1) is 15.4. The van der Waals surface area contributed by atoms with E-state index in [-0.39, 0.29) is 25.0 Å². The maximum absolute atomic E-state index is 13.2. The van der Waals surface area contributed by atoms with Crippen LogP contribution >= 0.6 is 15.9 Å². The van der Waals surface area contributed by atoms with Gasteiger partial charge in [-0.15, -0.1) is 0 Å². The molecule has 168 valence electrons. The first-order valence-corrected chi connectivity index (χ1v) is 11.2. The Labute approximate surface area is 196 Å². The standard InChI is InChI=1S/C25H27BrN2O4/c1-4-27-25(30)17(2)28(15-18-8-7-10-20(14-18)31-3)23(29)16-32-22-13-12-19-9-5-6-11-21(19)24(22)26/h5-14,17H,4,15-16H2,1-3H3,(H,27,30)/t17-/m1/s1. The lowest BCUT2D eigenvalue weighted by atomic mass is 10.1. The van der Waals surface area contributed by atoms with Crippen LogP contribution in [-0.2, 0) is 16.1 Å². The van der Waals surface area contributed by atoms with Gasteiger partial charge in [-0.3, -0.25) is 9.59 Å². The smallest absolute Gasteiger partial charge is 0.261 e. The Morgan fingerprint density at radius 3 is 2.62 bits per heavy atom. The number of methoxy groups -OCH3 is 1. The van der Waals surface area contributed by atoms with E-state index in [9.17, 15) is 9.59 Å². The second kappa shape index (κ2) is 11.0. The molecule has 0 aliphatic carbocycles. The van der Waals surface area contributed by atoms with E-state index in [1.165, 1.54) is 4.90 Å². The van der Waals surface area contributed by atoms with Crippen LogP contribution in [0.1, 0.15) is 19.4 Å². The van der Waals surface area contributed by atoms with Crippen LogP contribution in [0, 0.1) is 0 Å². The molecule has 0 aromatic heterocycles. The molecule has 7 heteroatoms. The summed E-state index contributed by atoms with van der Waals surface area (Å²) in [7, 11) is 1.59. The summed E-state index contributed by atoms with van der Waals surface area (Å²) in [6.07, 6.45) is 0. The van der Waals surface area contributed by atoms with Crippen LogP contribution in [-0.4, -0.2) is 43.0 Å². The Kier molecular flexibility index (Phi) is 8.11. The van der Waals surface area contributed by atoms with E-state index in [1.54, 1.807) is 14.0 Å². The van der Waals surface area contributed by atoms with E-state index in [1.807, 2.05) is 67.6 Å². The first kappa shape index (κ1) is 23.6. The first-order valence-electron chi connectivity index (χ1n) is 10.4. The van der Waals surface area contributed by atoms with Crippen molar-refractivity contribution in [2.75, 3.05) is 20.3 Å². The minimum Gasteiger partial charge on any atom is -0.497 e. The van der Waals surface area contributed by atoms with Crippen LogP contribution < -0.4 is 14.8 Å². The highest BCUT2D eigenvalue weighted by Gasteiger charge is 2.26. The molecular formula is C25H27BrN2O4. The number of hydrogen-bond acceptors (Lipinski definition) is 4. The Morgan fingerprint density at radius 1 is 1.09 bits per heavy atom. The van der Waals surface area contributed by atoms with Crippen molar-refractivity contribution in [2.45, 2.75) is 26.4 Å². The zero-order valence-corrected chi connectivity index (χ0v) is 20.0. The number of rotatable bonds is 9. The van der Waals surface area contributed by atoms with Gasteiger partial charge in [0.05, 0.1) is 11.6 Å². The molecule has 32 heavy (non-hydrogen) atoms. The predicted molar refractivity (Wildman–Crippen MR) is 129 cm³/mol. The molecule has 1 N–H and O–H groups in total. The van der Waals surface area contributed by atoms with Gasteiger partial charge in [-0.2, -0.15) is 0 Å². The Balaban J connectivity index is 1.79. The number of benzene rings is 3. The van der Waals surface area contributed by atoms with E-state index >= 15 is 0 Å². The lowest BCUT2D eigenvalue weighted by Crippen LogP contribution is -2.49. The molecule has 0 unspecified atom stereocenters. The van der Waals surface area contributed by atoms with E-state index in [4.69, 9.17) is 9.47 Å². The van der Waals surface area contributed by atoms with Crippen molar-refractivity contribution in [1.82, 2.24) is 10.2 Å². The molecular weight excluding hydrogens is 472 g/mol. The minimum atomic E-state index is -0.655. The topological polar surface area (TPSA) is 67.9 Å². The second-order valence-corrected chi connectivity index (χ2v) is 8.12. The normalized spacial score (nSPS) is 11.6. The molecule has 1 atom stereocenters. The van der Waals surface area contributed by atoms with Gasteiger partial charge in [0, 0.05) is 13.1 Å². The average Bonchev–Trinajstić information content (AvgIpc) is 2.82. The minimum absolute atomic E-state index is 0.190. The van der Waals surface area contributed by atoms with Crippen molar-refractivity contribution in [1.29, 1.82) is 0 Å². The van der Waals surface area contributed by atoms with Crippen molar-refractivity contribution in [2.24, 2.45) is 0 Å². The zero-order valence-electron chi connectivity index (χ0n) is 18.4. The highest BCUT2D eigenvalue weighted by molar-refractivity contribution is 9.10. The van der Waals surface area contributed by atoms with Crippen LogP contribution in [0.15, 0.2) is 65.1 Å². The molecule has 3 aromatic carbocycles.